The van der Waals surface area contributed by atoms with Gasteiger partial charge in [-0.1, -0.05) is 12.1 Å². The summed E-state index contributed by atoms with van der Waals surface area (Å²) in [5, 5.41) is 2.78. The average molecular weight is 368 g/mol. The maximum Gasteiger partial charge on any atom is 0.265 e. The molecule has 0 saturated heterocycles. The molecule has 0 aliphatic carbocycles. The number of ether oxygens (including phenoxy) is 2. The highest BCUT2D eigenvalue weighted by atomic mass is 16.5. The van der Waals surface area contributed by atoms with E-state index >= 15 is 0 Å². The molecule has 0 unspecified atom stereocenters. The quantitative estimate of drug-likeness (QED) is 0.793. The summed E-state index contributed by atoms with van der Waals surface area (Å²) >= 11 is 0. The Bertz CT molecular complexity index is 894. The lowest BCUT2D eigenvalue weighted by Crippen LogP contribution is -2.40. The lowest BCUT2D eigenvalue weighted by molar-refractivity contribution is -0.121. The van der Waals surface area contributed by atoms with Gasteiger partial charge in [-0.2, -0.15) is 0 Å². The average Bonchev–Trinajstić information content (AvgIpc) is 2.67. The Morgan fingerprint density at radius 1 is 1.22 bits per heavy atom. The first kappa shape index (κ1) is 18.4. The molecule has 1 heterocycles. The van der Waals surface area contributed by atoms with Crippen molar-refractivity contribution in [3.63, 3.8) is 0 Å². The number of hydrogen-bond donors (Lipinski definition) is 1. The monoisotopic (exact) mass is 368 g/mol. The van der Waals surface area contributed by atoms with Crippen molar-refractivity contribution in [2.75, 3.05) is 30.5 Å². The number of ketones is 1. The molecule has 140 valence electrons. The van der Waals surface area contributed by atoms with Crippen molar-refractivity contribution in [2.45, 2.75) is 13.3 Å². The topological polar surface area (TPSA) is 84.9 Å². The standard InChI is InChI=1S/C20H20N2O5/c1-13(23)14-7-8-18-16(11-14)22(20(25)12-27-18)10-9-19(24)21-15-5-3-4-6-17(15)26-2/h3-8,11H,9-10,12H2,1-2H3,(H,21,24). The maximum atomic E-state index is 12.3. The predicted octanol–water partition coefficient (Wildman–Crippen LogP) is 2.65. The number of rotatable bonds is 6. The second kappa shape index (κ2) is 7.90. The van der Waals surface area contributed by atoms with Crippen LogP contribution in [0, 0.1) is 0 Å². The molecule has 2 amide bonds. The molecule has 3 rings (SSSR count). The van der Waals surface area contributed by atoms with Gasteiger partial charge in [-0.25, -0.2) is 0 Å². The number of nitrogens with zero attached hydrogens (tertiary/aromatic N) is 1. The second-order valence-corrected chi connectivity index (χ2v) is 6.07. The van der Waals surface area contributed by atoms with E-state index in [0.29, 0.717) is 28.4 Å². The van der Waals surface area contributed by atoms with E-state index < -0.39 is 0 Å². The molecule has 2 aromatic carbocycles. The van der Waals surface area contributed by atoms with Gasteiger partial charge >= 0.3 is 0 Å². The van der Waals surface area contributed by atoms with Crippen LogP contribution in [0.25, 0.3) is 0 Å². The second-order valence-electron chi connectivity index (χ2n) is 6.07. The molecule has 1 N–H and O–H groups in total. The summed E-state index contributed by atoms with van der Waals surface area (Å²) in [4.78, 5) is 37.7. The van der Waals surface area contributed by atoms with E-state index in [1.54, 1.807) is 36.4 Å². The summed E-state index contributed by atoms with van der Waals surface area (Å²) in [6.07, 6.45) is 0.0908. The number of Topliss-reactive ketones (excluding diaryl/α,β-unsaturated/α-hetero) is 1. The Hall–Kier alpha value is -3.35. The van der Waals surface area contributed by atoms with E-state index in [1.807, 2.05) is 6.07 Å². The molecule has 7 heteroatoms. The van der Waals surface area contributed by atoms with Crippen LogP contribution >= 0.6 is 0 Å². The van der Waals surface area contributed by atoms with E-state index in [2.05, 4.69) is 5.32 Å². The molecule has 0 fully saturated rings. The number of fused-ring (bicyclic) bond motifs is 1. The third kappa shape index (κ3) is 4.08. The van der Waals surface area contributed by atoms with Crippen molar-refractivity contribution < 1.29 is 23.9 Å². The fourth-order valence-corrected chi connectivity index (χ4v) is 2.84. The summed E-state index contributed by atoms with van der Waals surface area (Å²) in [6.45, 7) is 1.54. The van der Waals surface area contributed by atoms with Gasteiger partial charge in [0, 0.05) is 18.5 Å². The number of amides is 2. The van der Waals surface area contributed by atoms with E-state index in [1.165, 1.54) is 18.9 Å². The van der Waals surface area contributed by atoms with Crippen LogP contribution in [-0.2, 0) is 9.59 Å². The minimum Gasteiger partial charge on any atom is -0.495 e. The van der Waals surface area contributed by atoms with Gasteiger partial charge < -0.3 is 19.7 Å². The van der Waals surface area contributed by atoms with Crippen LogP contribution in [0.5, 0.6) is 11.5 Å². The molecular weight excluding hydrogens is 348 g/mol. The lowest BCUT2D eigenvalue weighted by Gasteiger charge is -2.29. The Balaban J connectivity index is 1.72. The van der Waals surface area contributed by atoms with E-state index in [4.69, 9.17) is 9.47 Å². The van der Waals surface area contributed by atoms with Gasteiger partial charge in [-0.05, 0) is 37.3 Å². The molecule has 7 nitrogen and oxygen atoms in total. The number of methoxy groups -OCH3 is 1. The largest absolute Gasteiger partial charge is 0.495 e. The number of benzene rings is 2. The summed E-state index contributed by atoms with van der Waals surface area (Å²) in [5.41, 5.74) is 1.55. The number of anilines is 2. The van der Waals surface area contributed by atoms with Gasteiger partial charge in [-0.15, -0.1) is 0 Å². The number of hydrogen-bond acceptors (Lipinski definition) is 5. The molecule has 0 atom stereocenters. The molecule has 0 spiro atoms. The molecule has 0 radical (unpaired) electrons. The van der Waals surface area contributed by atoms with Crippen molar-refractivity contribution in [1.29, 1.82) is 0 Å². The minimum atomic E-state index is -0.256. The molecular formula is C20H20N2O5. The molecule has 0 saturated carbocycles. The van der Waals surface area contributed by atoms with Gasteiger partial charge in [-0.3, -0.25) is 14.4 Å². The van der Waals surface area contributed by atoms with Gasteiger partial charge in [0.25, 0.3) is 5.91 Å². The van der Waals surface area contributed by atoms with Crippen LogP contribution in [0.4, 0.5) is 11.4 Å². The SMILES string of the molecule is COc1ccccc1NC(=O)CCN1C(=O)COc2ccc(C(C)=O)cc21. The third-order valence-corrected chi connectivity index (χ3v) is 4.25. The fourth-order valence-electron chi connectivity index (χ4n) is 2.84. The summed E-state index contributed by atoms with van der Waals surface area (Å²) < 4.78 is 10.6. The Labute approximate surface area is 156 Å². The summed E-state index contributed by atoms with van der Waals surface area (Å²) in [7, 11) is 1.53. The fraction of sp³-hybridized carbons (Fsp3) is 0.250. The van der Waals surface area contributed by atoms with Gasteiger partial charge in [0.15, 0.2) is 12.4 Å². The summed E-state index contributed by atoms with van der Waals surface area (Å²) in [6, 6.07) is 12.0. The third-order valence-electron chi connectivity index (χ3n) is 4.25. The highest BCUT2D eigenvalue weighted by Gasteiger charge is 2.26. The Kier molecular flexibility index (Phi) is 5.40. The van der Waals surface area contributed by atoms with E-state index in [9.17, 15) is 14.4 Å². The molecule has 0 bridgehead atoms. The number of carbonyl (C=O) groups excluding carboxylic acids is 3. The van der Waals surface area contributed by atoms with Crippen LogP contribution in [0.1, 0.15) is 23.7 Å². The molecule has 1 aliphatic rings. The highest BCUT2D eigenvalue weighted by Crippen LogP contribution is 2.33. The normalized spacial score (nSPS) is 12.8. The number of para-hydroxylation sites is 2. The molecule has 0 aromatic heterocycles. The van der Waals surface area contributed by atoms with E-state index in [0.717, 1.165) is 0 Å². The van der Waals surface area contributed by atoms with Crippen molar-refractivity contribution >= 4 is 29.0 Å². The van der Waals surface area contributed by atoms with Gasteiger partial charge in [0.05, 0.1) is 18.5 Å². The van der Waals surface area contributed by atoms with E-state index in [-0.39, 0.29) is 37.2 Å². The zero-order valence-corrected chi connectivity index (χ0v) is 15.2. The van der Waals surface area contributed by atoms with Crippen molar-refractivity contribution in [3.8, 4) is 11.5 Å². The Morgan fingerprint density at radius 3 is 2.74 bits per heavy atom. The first-order valence-electron chi connectivity index (χ1n) is 8.50. The van der Waals surface area contributed by atoms with Crippen molar-refractivity contribution in [2.24, 2.45) is 0 Å². The first-order valence-corrected chi connectivity index (χ1v) is 8.50. The van der Waals surface area contributed by atoms with Crippen molar-refractivity contribution in [3.05, 3.63) is 48.0 Å². The summed E-state index contributed by atoms with van der Waals surface area (Å²) in [5.74, 6) is 0.468. The molecule has 1 aliphatic heterocycles. The minimum absolute atomic E-state index is 0.0908. The zero-order chi connectivity index (χ0) is 19.4. The zero-order valence-electron chi connectivity index (χ0n) is 15.2. The maximum absolute atomic E-state index is 12.3. The van der Waals surface area contributed by atoms with Gasteiger partial charge in [0.1, 0.15) is 11.5 Å². The number of carbonyl (C=O) groups is 3. The van der Waals surface area contributed by atoms with Crippen LogP contribution in [0.2, 0.25) is 0 Å². The molecule has 27 heavy (non-hydrogen) atoms. The molecule has 2 aromatic rings. The predicted molar refractivity (Wildman–Crippen MR) is 101 cm³/mol. The van der Waals surface area contributed by atoms with Crippen molar-refractivity contribution in [1.82, 2.24) is 0 Å². The smallest absolute Gasteiger partial charge is 0.265 e. The van der Waals surface area contributed by atoms with Crippen LogP contribution < -0.4 is 19.7 Å². The van der Waals surface area contributed by atoms with Gasteiger partial charge in [0.2, 0.25) is 5.91 Å². The number of nitrogens with one attached hydrogen (secondary N) is 1. The van der Waals surface area contributed by atoms with Crippen LogP contribution in [-0.4, -0.2) is 37.9 Å². The first-order chi connectivity index (χ1) is 13.0. The van der Waals surface area contributed by atoms with Crippen LogP contribution in [0.3, 0.4) is 0 Å². The Morgan fingerprint density at radius 2 is 2.00 bits per heavy atom. The van der Waals surface area contributed by atoms with Crippen LogP contribution in [0.15, 0.2) is 42.5 Å². The highest BCUT2D eigenvalue weighted by molar-refractivity contribution is 6.02. The lowest BCUT2D eigenvalue weighted by atomic mass is 10.1.